The number of piperazine rings is 1. The molecule has 2 unspecified atom stereocenters. The summed E-state index contributed by atoms with van der Waals surface area (Å²) < 4.78 is 5.47. The van der Waals surface area contributed by atoms with Gasteiger partial charge >= 0.3 is 6.09 Å². The van der Waals surface area contributed by atoms with E-state index in [-0.39, 0.29) is 24.1 Å². The first-order valence-electron chi connectivity index (χ1n) is 8.54. The van der Waals surface area contributed by atoms with Gasteiger partial charge in [0.05, 0.1) is 12.1 Å². The average Bonchev–Trinajstić information content (AvgIpc) is 3.08. The molecule has 1 aromatic carbocycles. The maximum absolute atomic E-state index is 12.9. The molecule has 130 valence electrons. The van der Waals surface area contributed by atoms with Gasteiger partial charge in [0.2, 0.25) is 0 Å². The van der Waals surface area contributed by atoms with Crippen LogP contribution in [0.3, 0.4) is 0 Å². The van der Waals surface area contributed by atoms with E-state index >= 15 is 0 Å². The average molecular weight is 330 g/mol. The number of carbonyl (C=O) groups excluding carboxylic acids is 2. The topological polar surface area (TPSA) is 49.9 Å². The second-order valence-electron chi connectivity index (χ2n) is 7.88. The number of likely N-dealkylation sites (tertiary alicyclic amines) is 2. The molecule has 2 amide bonds. The first kappa shape index (κ1) is 16.8. The van der Waals surface area contributed by atoms with Crippen LogP contribution in [0.15, 0.2) is 18.2 Å². The lowest BCUT2D eigenvalue weighted by Gasteiger charge is -2.35. The summed E-state index contributed by atoms with van der Waals surface area (Å²) in [7, 11) is 0. The smallest absolute Gasteiger partial charge is 0.410 e. The normalized spacial score (nSPS) is 22.9. The Morgan fingerprint density at radius 1 is 1.08 bits per heavy atom. The third-order valence-electron chi connectivity index (χ3n) is 4.96. The molecule has 2 bridgehead atoms. The van der Waals surface area contributed by atoms with E-state index in [1.54, 1.807) is 4.90 Å². The second-order valence-corrected chi connectivity index (χ2v) is 7.88. The van der Waals surface area contributed by atoms with E-state index < -0.39 is 5.60 Å². The van der Waals surface area contributed by atoms with Crippen molar-refractivity contribution < 1.29 is 14.3 Å². The summed E-state index contributed by atoms with van der Waals surface area (Å²) in [5.74, 6) is 0.0764. The van der Waals surface area contributed by atoms with E-state index in [9.17, 15) is 9.59 Å². The third kappa shape index (κ3) is 2.99. The van der Waals surface area contributed by atoms with Crippen LogP contribution < -0.4 is 0 Å². The predicted molar refractivity (Wildman–Crippen MR) is 92.1 cm³/mol. The summed E-state index contributed by atoms with van der Waals surface area (Å²) in [5, 5.41) is 0. The van der Waals surface area contributed by atoms with Crippen molar-refractivity contribution in [1.29, 1.82) is 0 Å². The summed E-state index contributed by atoms with van der Waals surface area (Å²) in [5.41, 5.74) is 2.44. The summed E-state index contributed by atoms with van der Waals surface area (Å²) >= 11 is 0. The Hall–Kier alpha value is -2.04. The van der Waals surface area contributed by atoms with E-state index in [4.69, 9.17) is 4.74 Å². The molecule has 2 aliphatic heterocycles. The van der Waals surface area contributed by atoms with Crippen molar-refractivity contribution in [3.63, 3.8) is 0 Å². The number of hydrogen-bond acceptors (Lipinski definition) is 3. The minimum absolute atomic E-state index is 0.0684. The van der Waals surface area contributed by atoms with E-state index in [2.05, 4.69) is 0 Å². The molecule has 0 spiro atoms. The van der Waals surface area contributed by atoms with Crippen molar-refractivity contribution in [3.05, 3.63) is 34.9 Å². The first-order chi connectivity index (χ1) is 11.2. The lowest BCUT2D eigenvalue weighted by molar-refractivity contribution is 0.0126. The molecule has 5 nitrogen and oxygen atoms in total. The number of amides is 2. The zero-order chi connectivity index (χ0) is 17.6. The van der Waals surface area contributed by atoms with E-state index in [0.29, 0.717) is 13.1 Å². The van der Waals surface area contributed by atoms with Gasteiger partial charge < -0.3 is 14.5 Å². The van der Waals surface area contributed by atoms with Gasteiger partial charge in [0.1, 0.15) is 5.60 Å². The Labute approximate surface area is 143 Å². The van der Waals surface area contributed by atoms with Crippen molar-refractivity contribution in [2.75, 3.05) is 13.1 Å². The molecule has 2 fully saturated rings. The molecule has 3 rings (SSSR count). The van der Waals surface area contributed by atoms with Crippen LogP contribution >= 0.6 is 0 Å². The van der Waals surface area contributed by atoms with Crippen molar-refractivity contribution in [2.24, 2.45) is 0 Å². The minimum Gasteiger partial charge on any atom is -0.444 e. The lowest BCUT2D eigenvalue weighted by Crippen LogP contribution is -2.51. The highest BCUT2D eigenvalue weighted by Crippen LogP contribution is 2.33. The molecule has 5 heteroatoms. The highest BCUT2D eigenvalue weighted by atomic mass is 16.6. The zero-order valence-corrected chi connectivity index (χ0v) is 15.1. The Balaban J connectivity index is 1.70. The molecule has 2 atom stereocenters. The Morgan fingerprint density at radius 2 is 1.71 bits per heavy atom. The van der Waals surface area contributed by atoms with Gasteiger partial charge in [0.15, 0.2) is 0 Å². The fraction of sp³-hybridized carbons (Fsp3) is 0.579. The van der Waals surface area contributed by atoms with Crippen molar-refractivity contribution in [1.82, 2.24) is 9.80 Å². The fourth-order valence-electron chi connectivity index (χ4n) is 3.60. The number of aryl methyl sites for hydroxylation is 1. The van der Waals surface area contributed by atoms with Crippen LogP contribution in [0.25, 0.3) is 0 Å². The predicted octanol–water partition coefficient (Wildman–Crippen LogP) is 3.14. The highest BCUT2D eigenvalue weighted by molar-refractivity contribution is 5.96. The van der Waals surface area contributed by atoms with Gasteiger partial charge in [-0.05, 0) is 58.2 Å². The van der Waals surface area contributed by atoms with Crippen molar-refractivity contribution in [2.45, 2.75) is 58.7 Å². The van der Waals surface area contributed by atoms with E-state index in [0.717, 1.165) is 23.1 Å². The molecule has 24 heavy (non-hydrogen) atoms. The molecule has 0 N–H and O–H groups in total. The number of carbonyl (C=O) groups is 2. The van der Waals surface area contributed by atoms with Gasteiger partial charge in [0.25, 0.3) is 5.91 Å². The van der Waals surface area contributed by atoms with Crippen LogP contribution in [0.4, 0.5) is 4.79 Å². The van der Waals surface area contributed by atoms with Crippen LogP contribution in [-0.2, 0) is 4.74 Å². The van der Waals surface area contributed by atoms with Crippen LogP contribution in [-0.4, -0.2) is 52.6 Å². The van der Waals surface area contributed by atoms with Gasteiger partial charge in [-0.25, -0.2) is 4.79 Å². The summed E-state index contributed by atoms with van der Waals surface area (Å²) in [6.07, 6.45) is 0.574. The monoisotopic (exact) mass is 330 g/mol. The molecule has 2 heterocycles. The third-order valence-corrected chi connectivity index (χ3v) is 4.96. The summed E-state index contributed by atoms with van der Waals surface area (Å²) in [4.78, 5) is 28.9. The Kier molecular flexibility index (Phi) is 4.06. The van der Waals surface area contributed by atoms with E-state index in [1.165, 1.54) is 0 Å². The maximum Gasteiger partial charge on any atom is 0.410 e. The number of nitrogens with zero attached hydrogens (tertiary/aromatic N) is 2. The number of hydrogen-bond donors (Lipinski definition) is 0. The zero-order valence-electron chi connectivity index (χ0n) is 15.1. The molecule has 2 saturated heterocycles. The molecule has 1 aromatic rings. The number of ether oxygens (including phenoxy) is 1. The molecular weight excluding hydrogens is 304 g/mol. The first-order valence-corrected chi connectivity index (χ1v) is 8.54. The van der Waals surface area contributed by atoms with E-state index in [1.807, 2.05) is 57.7 Å². The summed E-state index contributed by atoms with van der Waals surface area (Å²) in [6.45, 7) is 10.8. The molecule has 0 saturated carbocycles. The van der Waals surface area contributed by atoms with Gasteiger partial charge in [-0.15, -0.1) is 0 Å². The number of fused-ring (bicyclic) bond motifs is 2. The van der Waals surface area contributed by atoms with Crippen molar-refractivity contribution >= 4 is 12.0 Å². The van der Waals surface area contributed by atoms with Gasteiger partial charge in [-0.3, -0.25) is 4.79 Å². The molecular formula is C19H26N2O3. The van der Waals surface area contributed by atoms with Crippen LogP contribution in [0.2, 0.25) is 0 Å². The Morgan fingerprint density at radius 3 is 2.29 bits per heavy atom. The highest BCUT2D eigenvalue weighted by Gasteiger charge is 2.48. The molecule has 0 aliphatic carbocycles. The van der Waals surface area contributed by atoms with Gasteiger partial charge in [-0.1, -0.05) is 12.1 Å². The SMILES string of the molecule is Cc1cccc(C(=O)N2CC3CC2CN3C(=O)OC(C)(C)C)c1C. The van der Waals surface area contributed by atoms with Crippen LogP contribution in [0, 0.1) is 13.8 Å². The van der Waals surface area contributed by atoms with Gasteiger partial charge in [-0.2, -0.15) is 0 Å². The number of benzene rings is 1. The standard InChI is InChI=1S/C19H26N2O3/c1-12-7-6-8-16(13(12)2)17(22)20-10-15-9-14(20)11-21(15)18(23)24-19(3,4)5/h6-8,14-15H,9-11H2,1-5H3. The van der Waals surface area contributed by atoms with Crippen LogP contribution in [0.5, 0.6) is 0 Å². The molecule has 0 aromatic heterocycles. The quantitative estimate of drug-likeness (QED) is 0.795. The largest absolute Gasteiger partial charge is 0.444 e. The van der Waals surface area contributed by atoms with Crippen LogP contribution in [0.1, 0.15) is 48.7 Å². The lowest BCUT2D eigenvalue weighted by atomic mass is 10.0. The fourth-order valence-corrected chi connectivity index (χ4v) is 3.60. The Bertz CT molecular complexity index is 678. The molecule has 0 radical (unpaired) electrons. The van der Waals surface area contributed by atoms with Gasteiger partial charge in [0, 0.05) is 18.7 Å². The molecule has 2 aliphatic rings. The maximum atomic E-state index is 12.9. The van der Waals surface area contributed by atoms with Crippen molar-refractivity contribution in [3.8, 4) is 0 Å². The summed E-state index contributed by atoms with van der Waals surface area (Å²) in [6, 6.07) is 6.00. The minimum atomic E-state index is -0.493. The number of rotatable bonds is 1. The second kappa shape index (κ2) is 5.80.